The van der Waals surface area contributed by atoms with Crippen LogP contribution in [0.4, 0.5) is 0 Å². The molecule has 1 unspecified atom stereocenters. The lowest BCUT2D eigenvalue weighted by Crippen LogP contribution is -2.32. The Morgan fingerprint density at radius 1 is 1.40 bits per heavy atom. The molecule has 108 valence electrons. The minimum Gasteiger partial charge on any atom is -0.478 e. The van der Waals surface area contributed by atoms with Crippen molar-refractivity contribution in [2.75, 3.05) is 33.7 Å². The number of nitrogens with zero attached hydrogens (tertiary/aromatic N) is 2. The standard InChI is InChI=1S/C15H20N2O3/c1-16-7-6-11(9-16)10-17(2)14(18)12-4-3-5-13(8-12)15(19)20/h3-5,8,11H,6-7,9-10H2,1-2H3,(H,19,20). The second kappa shape index (κ2) is 6.05. The van der Waals surface area contributed by atoms with Crippen LogP contribution in [0.25, 0.3) is 0 Å². The molecule has 0 saturated carbocycles. The Hall–Kier alpha value is -1.88. The molecular formula is C15H20N2O3. The molecule has 1 aliphatic heterocycles. The fourth-order valence-electron chi connectivity index (χ4n) is 2.65. The van der Waals surface area contributed by atoms with E-state index in [1.165, 1.54) is 12.1 Å². The molecule has 0 aromatic heterocycles. The molecule has 5 heteroatoms. The zero-order chi connectivity index (χ0) is 14.7. The first kappa shape index (κ1) is 14.5. The van der Waals surface area contributed by atoms with Gasteiger partial charge in [0.15, 0.2) is 0 Å². The molecule has 1 atom stereocenters. The topological polar surface area (TPSA) is 60.9 Å². The number of aromatic carboxylic acids is 1. The molecule has 1 aromatic carbocycles. The summed E-state index contributed by atoms with van der Waals surface area (Å²) in [6.45, 7) is 2.79. The van der Waals surface area contributed by atoms with Crippen LogP contribution in [0.5, 0.6) is 0 Å². The smallest absolute Gasteiger partial charge is 0.335 e. The van der Waals surface area contributed by atoms with Crippen molar-refractivity contribution in [1.29, 1.82) is 0 Å². The maximum Gasteiger partial charge on any atom is 0.335 e. The number of hydrogen-bond donors (Lipinski definition) is 1. The quantitative estimate of drug-likeness (QED) is 0.903. The molecule has 0 radical (unpaired) electrons. The van der Waals surface area contributed by atoms with Crippen molar-refractivity contribution in [2.45, 2.75) is 6.42 Å². The maximum atomic E-state index is 12.3. The van der Waals surface area contributed by atoms with E-state index >= 15 is 0 Å². The van der Waals surface area contributed by atoms with E-state index in [-0.39, 0.29) is 11.5 Å². The van der Waals surface area contributed by atoms with Crippen LogP contribution >= 0.6 is 0 Å². The lowest BCUT2D eigenvalue weighted by Gasteiger charge is -2.21. The van der Waals surface area contributed by atoms with Gasteiger partial charge in [0.2, 0.25) is 0 Å². The van der Waals surface area contributed by atoms with Gasteiger partial charge in [0.1, 0.15) is 0 Å². The number of benzene rings is 1. The summed E-state index contributed by atoms with van der Waals surface area (Å²) in [5.74, 6) is -0.640. The van der Waals surface area contributed by atoms with E-state index in [1.54, 1.807) is 24.1 Å². The molecule has 2 rings (SSSR count). The van der Waals surface area contributed by atoms with E-state index in [2.05, 4.69) is 11.9 Å². The Kier molecular flexibility index (Phi) is 4.39. The molecule has 1 saturated heterocycles. The van der Waals surface area contributed by atoms with Crippen LogP contribution in [-0.2, 0) is 0 Å². The Labute approximate surface area is 118 Å². The fraction of sp³-hybridized carbons (Fsp3) is 0.467. The summed E-state index contributed by atoms with van der Waals surface area (Å²) in [6.07, 6.45) is 1.10. The molecule has 1 amide bonds. The van der Waals surface area contributed by atoms with Crippen molar-refractivity contribution in [3.8, 4) is 0 Å². The van der Waals surface area contributed by atoms with Crippen LogP contribution < -0.4 is 0 Å². The Bertz CT molecular complexity index is 516. The van der Waals surface area contributed by atoms with Crippen LogP contribution in [0.3, 0.4) is 0 Å². The van der Waals surface area contributed by atoms with Gasteiger partial charge in [-0.2, -0.15) is 0 Å². The number of likely N-dealkylation sites (tertiary alicyclic amines) is 1. The fourth-order valence-corrected chi connectivity index (χ4v) is 2.65. The number of carbonyl (C=O) groups excluding carboxylic acids is 1. The lowest BCUT2D eigenvalue weighted by atomic mass is 10.1. The second-order valence-corrected chi connectivity index (χ2v) is 5.49. The molecule has 0 bridgehead atoms. The minimum absolute atomic E-state index is 0.123. The van der Waals surface area contributed by atoms with Gasteiger partial charge in [-0.3, -0.25) is 4.79 Å². The van der Waals surface area contributed by atoms with E-state index in [4.69, 9.17) is 5.11 Å². The molecule has 0 spiro atoms. The van der Waals surface area contributed by atoms with Gasteiger partial charge in [0.25, 0.3) is 5.91 Å². The monoisotopic (exact) mass is 276 g/mol. The molecule has 0 aliphatic carbocycles. The number of rotatable bonds is 4. The van der Waals surface area contributed by atoms with Crippen LogP contribution in [-0.4, -0.2) is 60.5 Å². The maximum absolute atomic E-state index is 12.3. The van der Waals surface area contributed by atoms with Gasteiger partial charge in [-0.05, 0) is 44.1 Å². The van der Waals surface area contributed by atoms with E-state index < -0.39 is 5.97 Å². The third-order valence-electron chi connectivity index (χ3n) is 3.72. The first-order valence-corrected chi connectivity index (χ1v) is 6.74. The molecule has 20 heavy (non-hydrogen) atoms. The minimum atomic E-state index is -1.01. The summed E-state index contributed by atoms with van der Waals surface area (Å²) < 4.78 is 0. The average molecular weight is 276 g/mol. The third-order valence-corrected chi connectivity index (χ3v) is 3.72. The highest BCUT2D eigenvalue weighted by Crippen LogP contribution is 2.16. The van der Waals surface area contributed by atoms with Crippen molar-refractivity contribution in [3.63, 3.8) is 0 Å². The third kappa shape index (κ3) is 3.36. The van der Waals surface area contributed by atoms with Gasteiger partial charge in [0, 0.05) is 25.7 Å². The molecule has 1 aliphatic rings. The summed E-state index contributed by atoms with van der Waals surface area (Å²) >= 11 is 0. The highest BCUT2D eigenvalue weighted by molar-refractivity contribution is 5.97. The Balaban J connectivity index is 2.03. The largest absolute Gasteiger partial charge is 0.478 e. The van der Waals surface area contributed by atoms with Crippen LogP contribution in [0, 0.1) is 5.92 Å². The van der Waals surface area contributed by atoms with Gasteiger partial charge in [-0.25, -0.2) is 4.79 Å². The second-order valence-electron chi connectivity index (χ2n) is 5.49. The molecule has 1 N–H and O–H groups in total. The van der Waals surface area contributed by atoms with Crippen molar-refractivity contribution in [2.24, 2.45) is 5.92 Å². The summed E-state index contributed by atoms with van der Waals surface area (Å²) in [5.41, 5.74) is 0.573. The summed E-state index contributed by atoms with van der Waals surface area (Å²) in [4.78, 5) is 27.2. The van der Waals surface area contributed by atoms with Gasteiger partial charge in [0.05, 0.1) is 5.56 Å². The highest BCUT2D eigenvalue weighted by Gasteiger charge is 2.23. The van der Waals surface area contributed by atoms with Crippen LogP contribution in [0.15, 0.2) is 24.3 Å². The van der Waals surface area contributed by atoms with Gasteiger partial charge in [-0.1, -0.05) is 6.07 Å². The predicted molar refractivity (Wildman–Crippen MR) is 76.0 cm³/mol. The number of carboxylic acid groups (broad SMARTS) is 1. The van der Waals surface area contributed by atoms with E-state index in [0.29, 0.717) is 18.0 Å². The van der Waals surface area contributed by atoms with Gasteiger partial charge < -0.3 is 14.9 Å². The molecule has 1 fully saturated rings. The Morgan fingerprint density at radius 3 is 2.70 bits per heavy atom. The van der Waals surface area contributed by atoms with E-state index in [1.807, 2.05) is 0 Å². The average Bonchev–Trinajstić information content (AvgIpc) is 2.83. The molecular weight excluding hydrogens is 256 g/mol. The number of amides is 1. The lowest BCUT2D eigenvalue weighted by molar-refractivity contribution is 0.0697. The van der Waals surface area contributed by atoms with Crippen molar-refractivity contribution in [1.82, 2.24) is 9.80 Å². The SMILES string of the molecule is CN1CCC(CN(C)C(=O)c2cccc(C(=O)O)c2)C1. The van der Waals surface area contributed by atoms with Crippen molar-refractivity contribution < 1.29 is 14.7 Å². The number of hydrogen-bond acceptors (Lipinski definition) is 3. The predicted octanol–water partition coefficient (Wildman–Crippen LogP) is 1.41. The van der Waals surface area contributed by atoms with E-state index in [0.717, 1.165) is 19.5 Å². The van der Waals surface area contributed by atoms with Gasteiger partial charge >= 0.3 is 5.97 Å². The molecule has 1 aromatic rings. The highest BCUT2D eigenvalue weighted by atomic mass is 16.4. The van der Waals surface area contributed by atoms with Gasteiger partial charge in [-0.15, -0.1) is 0 Å². The Morgan fingerprint density at radius 2 is 2.10 bits per heavy atom. The summed E-state index contributed by atoms with van der Waals surface area (Å²) in [6, 6.07) is 6.19. The first-order chi connectivity index (χ1) is 9.47. The van der Waals surface area contributed by atoms with Crippen molar-refractivity contribution >= 4 is 11.9 Å². The zero-order valence-corrected chi connectivity index (χ0v) is 11.9. The summed E-state index contributed by atoms with van der Waals surface area (Å²) in [5, 5.41) is 8.96. The number of carboxylic acids is 1. The van der Waals surface area contributed by atoms with E-state index in [9.17, 15) is 9.59 Å². The zero-order valence-electron chi connectivity index (χ0n) is 11.9. The summed E-state index contributed by atoms with van der Waals surface area (Å²) in [7, 11) is 3.85. The molecule has 5 nitrogen and oxygen atoms in total. The van der Waals surface area contributed by atoms with Crippen LogP contribution in [0.1, 0.15) is 27.1 Å². The first-order valence-electron chi connectivity index (χ1n) is 6.74. The van der Waals surface area contributed by atoms with Crippen molar-refractivity contribution in [3.05, 3.63) is 35.4 Å². The van der Waals surface area contributed by atoms with Crippen LogP contribution in [0.2, 0.25) is 0 Å². The normalized spacial score (nSPS) is 19.0. The molecule has 1 heterocycles. The number of carbonyl (C=O) groups is 2.